The minimum atomic E-state index is -4.14. The maximum Gasteiger partial charge on any atom is 0.264 e. The van der Waals surface area contributed by atoms with E-state index in [4.69, 9.17) is 23.2 Å². The summed E-state index contributed by atoms with van der Waals surface area (Å²) in [4.78, 5) is 28.7. The molecule has 3 aromatic carbocycles. The third-order valence-corrected chi connectivity index (χ3v) is 8.84. The van der Waals surface area contributed by atoms with Crippen molar-refractivity contribution in [2.75, 3.05) is 10.8 Å². The Kier molecular flexibility index (Phi) is 9.93. The number of carbonyl (C=O) groups is 2. The van der Waals surface area contributed by atoms with E-state index in [-0.39, 0.29) is 17.3 Å². The Morgan fingerprint density at radius 1 is 0.950 bits per heavy atom. The molecule has 3 aromatic rings. The van der Waals surface area contributed by atoms with Crippen molar-refractivity contribution >= 4 is 50.7 Å². The van der Waals surface area contributed by atoms with Gasteiger partial charge in [-0.2, -0.15) is 0 Å². The third kappa shape index (κ3) is 7.56. The van der Waals surface area contributed by atoms with E-state index in [0.717, 1.165) is 15.4 Å². The fourth-order valence-electron chi connectivity index (χ4n) is 4.13. The molecule has 3 rings (SSSR count). The third-order valence-electron chi connectivity index (χ3n) is 6.48. The van der Waals surface area contributed by atoms with Crippen molar-refractivity contribution in [3.05, 3.63) is 93.5 Å². The number of nitrogens with zero attached hydrogens (tertiary/aromatic N) is 2. The van der Waals surface area contributed by atoms with Gasteiger partial charge in [0.05, 0.1) is 10.6 Å². The Bertz CT molecular complexity index is 1490. The lowest BCUT2D eigenvalue weighted by Gasteiger charge is -2.34. The normalized spacial score (nSPS) is 12.5. The number of nitrogens with one attached hydrogen (secondary N) is 1. The molecule has 0 radical (unpaired) electrons. The summed E-state index contributed by atoms with van der Waals surface area (Å²) in [7, 11) is -4.14. The first kappa shape index (κ1) is 31.5. The molecule has 1 atom stereocenters. The smallest absolute Gasteiger partial charge is 0.264 e. The van der Waals surface area contributed by atoms with Crippen LogP contribution in [0.25, 0.3) is 0 Å². The molecule has 0 aliphatic rings. The number of sulfonamides is 1. The maximum absolute atomic E-state index is 14.1. The average molecular weight is 605 g/mol. The quantitative estimate of drug-likeness (QED) is 0.318. The number of amides is 2. The second-order valence-corrected chi connectivity index (χ2v) is 13.4. The highest BCUT2D eigenvalue weighted by atomic mass is 35.5. The van der Waals surface area contributed by atoms with Gasteiger partial charge >= 0.3 is 0 Å². The summed E-state index contributed by atoms with van der Waals surface area (Å²) in [5, 5.41) is 3.66. The molecule has 0 aliphatic carbocycles. The fraction of sp³-hybridized carbons (Fsp3) is 0.333. The molecule has 0 saturated heterocycles. The molecule has 0 fully saturated rings. The molecular formula is C30H35Cl2N3O4S. The van der Waals surface area contributed by atoms with Gasteiger partial charge in [-0.25, -0.2) is 8.42 Å². The molecule has 0 aliphatic heterocycles. The van der Waals surface area contributed by atoms with E-state index in [2.05, 4.69) is 5.32 Å². The van der Waals surface area contributed by atoms with E-state index >= 15 is 0 Å². The minimum Gasteiger partial charge on any atom is -0.350 e. The molecule has 1 N–H and O–H groups in total. The van der Waals surface area contributed by atoms with Crippen LogP contribution in [0.1, 0.15) is 44.4 Å². The Morgan fingerprint density at radius 2 is 1.60 bits per heavy atom. The summed E-state index contributed by atoms with van der Waals surface area (Å²) < 4.78 is 29.0. The second-order valence-electron chi connectivity index (χ2n) is 10.7. The van der Waals surface area contributed by atoms with E-state index in [1.54, 1.807) is 55.5 Å². The first-order valence-electron chi connectivity index (χ1n) is 12.8. The van der Waals surface area contributed by atoms with Crippen LogP contribution in [-0.4, -0.2) is 43.3 Å². The Hall–Kier alpha value is -3.07. The Labute approximate surface area is 247 Å². The first-order chi connectivity index (χ1) is 18.6. The molecule has 0 heterocycles. The molecule has 214 valence electrons. The molecule has 40 heavy (non-hydrogen) atoms. The maximum atomic E-state index is 14.1. The first-order valence-corrected chi connectivity index (χ1v) is 15.0. The van der Waals surface area contributed by atoms with Crippen molar-refractivity contribution < 1.29 is 18.0 Å². The second kappa shape index (κ2) is 12.6. The number of aryl methyl sites for hydroxylation is 1. The zero-order chi connectivity index (χ0) is 29.8. The molecule has 0 aromatic heterocycles. The number of halogens is 2. The Balaban J connectivity index is 2.09. The van der Waals surface area contributed by atoms with Gasteiger partial charge in [-0.05, 0) is 88.6 Å². The summed E-state index contributed by atoms with van der Waals surface area (Å²) in [5.74, 6) is -0.946. The summed E-state index contributed by atoms with van der Waals surface area (Å²) in [6, 6.07) is 17.2. The predicted octanol–water partition coefficient (Wildman–Crippen LogP) is 6.14. The van der Waals surface area contributed by atoms with Crippen molar-refractivity contribution in [1.29, 1.82) is 0 Å². The summed E-state index contributed by atoms with van der Waals surface area (Å²) >= 11 is 12.5. The number of rotatable bonds is 9. The molecule has 7 nitrogen and oxygen atoms in total. The van der Waals surface area contributed by atoms with Crippen LogP contribution in [-0.2, 0) is 26.2 Å². The average Bonchev–Trinajstić information content (AvgIpc) is 2.87. The lowest BCUT2D eigenvalue weighted by Crippen LogP contribution is -2.54. The van der Waals surface area contributed by atoms with Gasteiger partial charge in [0.1, 0.15) is 12.6 Å². The van der Waals surface area contributed by atoms with E-state index in [1.165, 1.54) is 17.0 Å². The SMILES string of the molecule is Cc1cccc(N(CC(=O)N(Cc2ccc(Cl)cc2Cl)[C@@H](C)C(=O)NC(C)(C)C)S(=O)(=O)c2ccccc2)c1C. The van der Waals surface area contributed by atoms with Crippen molar-refractivity contribution in [3.63, 3.8) is 0 Å². The monoisotopic (exact) mass is 603 g/mol. The zero-order valence-corrected chi connectivity index (χ0v) is 25.9. The number of benzene rings is 3. The van der Waals surface area contributed by atoms with E-state index in [1.807, 2.05) is 40.7 Å². The van der Waals surface area contributed by atoms with Crippen LogP contribution in [0.15, 0.2) is 71.6 Å². The van der Waals surface area contributed by atoms with Gasteiger partial charge in [0.15, 0.2) is 0 Å². The van der Waals surface area contributed by atoms with Gasteiger partial charge in [0.2, 0.25) is 11.8 Å². The minimum absolute atomic E-state index is 0.0282. The molecule has 0 saturated carbocycles. The molecular weight excluding hydrogens is 569 g/mol. The number of hydrogen-bond donors (Lipinski definition) is 1. The number of hydrogen-bond acceptors (Lipinski definition) is 4. The van der Waals surface area contributed by atoms with Gasteiger partial charge in [-0.15, -0.1) is 0 Å². The van der Waals surface area contributed by atoms with Crippen LogP contribution in [0.5, 0.6) is 0 Å². The van der Waals surface area contributed by atoms with E-state index < -0.39 is 34.1 Å². The molecule has 10 heteroatoms. The van der Waals surface area contributed by atoms with E-state index in [9.17, 15) is 18.0 Å². The van der Waals surface area contributed by atoms with Crippen LogP contribution in [0.2, 0.25) is 10.0 Å². The van der Waals surface area contributed by atoms with Gasteiger partial charge in [-0.1, -0.05) is 59.6 Å². The van der Waals surface area contributed by atoms with Gasteiger partial charge in [0.25, 0.3) is 10.0 Å². The lowest BCUT2D eigenvalue weighted by molar-refractivity contribution is -0.140. The van der Waals surface area contributed by atoms with E-state index in [0.29, 0.717) is 21.3 Å². The standard InChI is InChI=1S/C30H35Cl2N3O4S/c1-20-11-10-14-27(21(20)2)35(40(38,39)25-12-8-7-9-13-25)19-28(36)34(22(3)29(37)33-30(4,5)6)18-23-15-16-24(31)17-26(23)32/h7-17,22H,18-19H2,1-6H3,(H,33,37)/t22-/m0/s1. The lowest BCUT2D eigenvalue weighted by atomic mass is 10.1. The topological polar surface area (TPSA) is 86.8 Å². The summed E-state index contributed by atoms with van der Waals surface area (Å²) in [5.41, 5.74) is 2.01. The van der Waals surface area contributed by atoms with Crippen LogP contribution in [0.4, 0.5) is 5.69 Å². The van der Waals surface area contributed by atoms with Crippen LogP contribution in [0.3, 0.4) is 0 Å². The highest BCUT2D eigenvalue weighted by Crippen LogP contribution is 2.29. The van der Waals surface area contributed by atoms with Crippen molar-refractivity contribution in [2.24, 2.45) is 0 Å². The predicted molar refractivity (Wildman–Crippen MR) is 161 cm³/mol. The van der Waals surface area contributed by atoms with Crippen molar-refractivity contribution in [2.45, 2.75) is 64.6 Å². The summed E-state index contributed by atoms with van der Waals surface area (Å²) in [6.45, 7) is 10.3. The Morgan fingerprint density at radius 3 is 2.20 bits per heavy atom. The number of carbonyl (C=O) groups excluding carboxylic acids is 2. The number of anilines is 1. The largest absolute Gasteiger partial charge is 0.350 e. The van der Waals surface area contributed by atoms with Gasteiger partial charge in [0, 0.05) is 22.1 Å². The van der Waals surface area contributed by atoms with Crippen molar-refractivity contribution in [3.8, 4) is 0 Å². The molecule has 0 bridgehead atoms. The highest BCUT2D eigenvalue weighted by Gasteiger charge is 2.34. The van der Waals surface area contributed by atoms with Crippen LogP contribution in [0, 0.1) is 13.8 Å². The zero-order valence-electron chi connectivity index (χ0n) is 23.5. The summed E-state index contributed by atoms with van der Waals surface area (Å²) in [6.07, 6.45) is 0. The van der Waals surface area contributed by atoms with Crippen molar-refractivity contribution in [1.82, 2.24) is 10.2 Å². The molecule has 0 spiro atoms. The fourth-order valence-corrected chi connectivity index (χ4v) is 6.09. The van der Waals surface area contributed by atoms with Gasteiger partial charge < -0.3 is 10.2 Å². The molecule has 0 unspecified atom stereocenters. The van der Waals surface area contributed by atoms with Gasteiger partial charge in [-0.3, -0.25) is 13.9 Å². The highest BCUT2D eigenvalue weighted by molar-refractivity contribution is 7.92. The van der Waals surface area contributed by atoms with Crippen LogP contribution < -0.4 is 9.62 Å². The van der Waals surface area contributed by atoms with Crippen LogP contribution >= 0.6 is 23.2 Å². The molecule has 2 amide bonds.